The second-order valence-electron chi connectivity index (χ2n) is 4.89. The third-order valence-electron chi connectivity index (χ3n) is 2.14. The second-order valence-corrected chi connectivity index (χ2v) is 5.97. The van der Waals surface area contributed by atoms with E-state index in [1.54, 1.807) is 6.08 Å². The van der Waals surface area contributed by atoms with E-state index in [2.05, 4.69) is 29.5 Å². The molecule has 0 aliphatic rings. The summed E-state index contributed by atoms with van der Waals surface area (Å²) in [6, 6.07) is 0. The molecule has 3 heteroatoms. The van der Waals surface area contributed by atoms with E-state index in [0.29, 0.717) is 5.92 Å². The molecule has 0 saturated heterocycles. The molecule has 0 spiro atoms. The molecule has 0 fully saturated rings. The highest BCUT2D eigenvalue weighted by Gasteiger charge is 2.14. The average molecular weight is 338 g/mol. The minimum Gasteiger partial charge on any atom is -0.457 e. The zero-order valence-electron chi connectivity index (χ0n) is 10.8. The molecular formula is C13H23IO2. The molecule has 94 valence electrons. The number of allylic oxidation sites excluding steroid dienone is 1. The summed E-state index contributed by atoms with van der Waals surface area (Å²) in [7, 11) is 0. The van der Waals surface area contributed by atoms with E-state index in [4.69, 9.17) is 4.74 Å². The van der Waals surface area contributed by atoms with Crippen LogP contribution in [0.3, 0.4) is 0 Å². The van der Waals surface area contributed by atoms with Crippen LogP contribution in [0, 0.1) is 5.92 Å². The van der Waals surface area contributed by atoms with Crippen molar-refractivity contribution in [1.29, 1.82) is 0 Å². The molecule has 1 unspecified atom stereocenters. The zero-order chi connectivity index (χ0) is 12.6. The number of esters is 1. The summed E-state index contributed by atoms with van der Waals surface area (Å²) in [5, 5.41) is 0. The lowest BCUT2D eigenvalue weighted by atomic mass is 10.0. The van der Waals surface area contributed by atoms with Crippen LogP contribution in [0.5, 0.6) is 0 Å². The van der Waals surface area contributed by atoms with Crippen molar-refractivity contribution >= 4 is 28.6 Å². The fraction of sp³-hybridized carbons (Fsp3) is 0.769. The SMILES string of the molecule is CCC(/C=C\C(=O)OC(C)(C)C)CCCI. The predicted octanol–water partition coefficient (Wildman–Crippen LogP) is 4.13. The Labute approximate surface area is 113 Å². The largest absolute Gasteiger partial charge is 0.457 e. The number of hydrogen-bond acceptors (Lipinski definition) is 2. The van der Waals surface area contributed by atoms with Gasteiger partial charge in [0.1, 0.15) is 5.60 Å². The number of carbonyl (C=O) groups is 1. The van der Waals surface area contributed by atoms with Crippen molar-refractivity contribution in [2.45, 2.75) is 52.6 Å². The van der Waals surface area contributed by atoms with Crippen LogP contribution in [-0.2, 0) is 9.53 Å². The monoisotopic (exact) mass is 338 g/mol. The molecule has 0 aromatic rings. The van der Waals surface area contributed by atoms with Gasteiger partial charge in [-0.2, -0.15) is 0 Å². The lowest BCUT2D eigenvalue weighted by Gasteiger charge is -2.18. The summed E-state index contributed by atoms with van der Waals surface area (Å²) in [6.45, 7) is 7.79. The molecule has 0 saturated carbocycles. The number of alkyl halides is 1. The van der Waals surface area contributed by atoms with Gasteiger partial charge in [-0.3, -0.25) is 0 Å². The number of rotatable bonds is 6. The van der Waals surface area contributed by atoms with Gasteiger partial charge in [0.15, 0.2) is 0 Å². The van der Waals surface area contributed by atoms with E-state index in [9.17, 15) is 4.79 Å². The highest BCUT2D eigenvalue weighted by atomic mass is 127. The van der Waals surface area contributed by atoms with Gasteiger partial charge in [0, 0.05) is 6.08 Å². The van der Waals surface area contributed by atoms with Crippen LogP contribution in [-0.4, -0.2) is 16.0 Å². The lowest BCUT2D eigenvalue weighted by Crippen LogP contribution is -2.22. The summed E-state index contributed by atoms with van der Waals surface area (Å²) in [4.78, 5) is 11.4. The van der Waals surface area contributed by atoms with Gasteiger partial charge < -0.3 is 4.74 Å². The minimum absolute atomic E-state index is 0.236. The van der Waals surface area contributed by atoms with Crippen molar-refractivity contribution in [1.82, 2.24) is 0 Å². The molecule has 0 radical (unpaired) electrons. The molecule has 0 N–H and O–H groups in total. The molecule has 0 bridgehead atoms. The maximum atomic E-state index is 11.4. The van der Waals surface area contributed by atoms with E-state index in [0.717, 1.165) is 12.8 Å². The Balaban J connectivity index is 4.08. The first-order chi connectivity index (χ1) is 7.39. The topological polar surface area (TPSA) is 26.3 Å². The van der Waals surface area contributed by atoms with E-state index >= 15 is 0 Å². The molecule has 0 amide bonds. The predicted molar refractivity (Wildman–Crippen MR) is 76.9 cm³/mol. The van der Waals surface area contributed by atoms with Crippen molar-refractivity contribution in [2.24, 2.45) is 5.92 Å². The maximum Gasteiger partial charge on any atom is 0.330 e. The third kappa shape index (κ3) is 9.19. The highest BCUT2D eigenvalue weighted by molar-refractivity contribution is 14.1. The molecule has 0 aromatic carbocycles. The summed E-state index contributed by atoms with van der Waals surface area (Å²) < 4.78 is 6.38. The Hall–Kier alpha value is -0.0600. The average Bonchev–Trinajstić information content (AvgIpc) is 2.15. The zero-order valence-corrected chi connectivity index (χ0v) is 12.9. The van der Waals surface area contributed by atoms with E-state index in [1.807, 2.05) is 26.8 Å². The van der Waals surface area contributed by atoms with Crippen LogP contribution in [0.25, 0.3) is 0 Å². The first-order valence-corrected chi connectivity index (χ1v) is 7.38. The quantitative estimate of drug-likeness (QED) is 0.315. The summed E-state index contributed by atoms with van der Waals surface area (Å²) in [5.74, 6) is 0.266. The van der Waals surface area contributed by atoms with Gasteiger partial charge in [0.25, 0.3) is 0 Å². The standard InChI is InChI=1S/C13H23IO2/c1-5-11(7-6-10-14)8-9-12(15)16-13(2,3)4/h8-9,11H,5-7,10H2,1-4H3/b9-8-. The minimum atomic E-state index is -0.397. The second kappa shape index (κ2) is 8.09. The fourth-order valence-electron chi connectivity index (χ4n) is 1.33. The molecule has 1 atom stereocenters. The van der Waals surface area contributed by atoms with E-state index in [1.165, 1.54) is 10.8 Å². The van der Waals surface area contributed by atoms with Crippen LogP contribution < -0.4 is 0 Å². The normalized spacial score (nSPS) is 14.1. The van der Waals surface area contributed by atoms with Crippen LogP contribution in [0.2, 0.25) is 0 Å². The maximum absolute atomic E-state index is 11.4. The summed E-state index contributed by atoms with van der Waals surface area (Å²) >= 11 is 2.38. The number of ether oxygens (including phenoxy) is 1. The molecule has 0 aromatic heterocycles. The van der Waals surface area contributed by atoms with Gasteiger partial charge in [0.05, 0.1) is 0 Å². The Morgan fingerprint density at radius 2 is 2.06 bits per heavy atom. The van der Waals surface area contributed by atoms with Crippen LogP contribution >= 0.6 is 22.6 Å². The lowest BCUT2D eigenvalue weighted by molar-refractivity contribution is -0.148. The first-order valence-electron chi connectivity index (χ1n) is 5.86. The van der Waals surface area contributed by atoms with Gasteiger partial charge in [-0.1, -0.05) is 35.6 Å². The molecule has 0 aliphatic carbocycles. The van der Waals surface area contributed by atoms with E-state index < -0.39 is 5.60 Å². The smallest absolute Gasteiger partial charge is 0.330 e. The Bertz CT molecular complexity index is 229. The molecular weight excluding hydrogens is 315 g/mol. The summed E-state index contributed by atoms with van der Waals surface area (Å²) in [5.41, 5.74) is -0.397. The first kappa shape index (κ1) is 15.9. The van der Waals surface area contributed by atoms with E-state index in [-0.39, 0.29) is 5.97 Å². The van der Waals surface area contributed by atoms with Gasteiger partial charge in [0.2, 0.25) is 0 Å². The van der Waals surface area contributed by atoms with Crippen molar-refractivity contribution in [3.63, 3.8) is 0 Å². The van der Waals surface area contributed by atoms with Gasteiger partial charge in [-0.05, 0) is 50.4 Å². The van der Waals surface area contributed by atoms with Crippen molar-refractivity contribution in [3.05, 3.63) is 12.2 Å². The van der Waals surface area contributed by atoms with Gasteiger partial charge in [-0.15, -0.1) is 0 Å². The number of hydrogen-bond donors (Lipinski definition) is 0. The van der Waals surface area contributed by atoms with Crippen LogP contribution in [0.15, 0.2) is 12.2 Å². The van der Waals surface area contributed by atoms with Crippen LogP contribution in [0.4, 0.5) is 0 Å². The molecule has 0 aliphatic heterocycles. The fourth-order valence-corrected chi connectivity index (χ4v) is 1.77. The van der Waals surface area contributed by atoms with Crippen molar-refractivity contribution in [3.8, 4) is 0 Å². The molecule has 0 rings (SSSR count). The molecule has 16 heavy (non-hydrogen) atoms. The highest BCUT2D eigenvalue weighted by Crippen LogP contribution is 2.14. The van der Waals surface area contributed by atoms with Crippen molar-refractivity contribution in [2.75, 3.05) is 4.43 Å². The Kier molecular flexibility index (Phi) is 8.06. The Morgan fingerprint density at radius 3 is 2.50 bits per heavy atom. The number of halogens is 1. The van der Waals surface area contributed by atoms with Crippen molar-refractivity contribution < 1.29 is 9.53 Å². The van der Waals surface area contributed by atoms with Crippen LogP contribution in [0.1, 0.15) is 47.0 Å². The summed E-state index contributed by atoms with van der Waals surface area (Å²) in [6.07, 6.45) is 7.00. The van der Waals surface area contributed by atoms with Gasteiger partial charge >= 0.3 is 5.97 Å². The Morgan fingerprint density at radius 1 is 1.44 bits per heavy atom. The molecule has 2 nitrogen and oxygen atoms in total. The third-order valence-corrected chi connectivity index (χ3v) is 2.91. The number of carbonyl (C=O) groups excluding carboxylic acids is 1. The van der Waals surface area contributed by atoms with Gasteiger partial charge in [-0.25, -0.2) is 4.79 Å². The molecule has 0 heterocycles.